The Kier molecular flexibility index (Phi) is 5.77. The summed E-state index contributed by atoms with van der Waals surface area (Å²) in [7, 11) is 0. The molecular weight excluding hydrogens is 250 g/mol. The number of aliphatic hydroxyl groups is 2. The van der Waals surface area contributed by atoms with Gasteiger partial charge in [0.15, 0.2) is 0 Å². The number of aliphatic hydroxyl groups excluding tert-OH is 2. The largest absolute Gasteiger partial charge is 0.394 e. The summed E-state index contributed by atoms with van der Waals surface area (Å²) in [6, 6.07) is 6.79. The van der Waals surface area contributed by atoms with Gasteiger partial charge in [0, 0.05) is 6.54 Å². The lowest BCUT2D eigenvalue weighted by Gasteiger charge is -2.18. The maximum atomic E-state index is 11.9. The molecular formula is C12H17N3O4. The first-order valence-corrected chi connectivity index (χ1v) is 5.72. The van der Waals surface area contributed by atoms with E-state index in [1.54, 1.807) is 30.3 Å². The number of primary amides is 1. The van der Waals surface area contributed by atoms with Crippen molar-refractivity contribution in [1.29, 1.82) is 0 Å². The van der Waals surface area contributed by atoms with E-state index in [4.69, 9.17) is 15.9 Å². The van der Waals surface area contributed by atoms with Crippen LogP contribution in [0.25, 0.3) is 0 Å². The molecule has 1 rings (SSSR count). The first-order chi connectivity index (χ1) is 9.04. The summed E-state index contributed by atoms with van der Waals surface area (Å²) in [5, 5.41) is 22.6. The Labute approximate surface area is 110 Å². The van der Waals surface area contributed by atoms with Crippen LogP contribution in [0.5, 0.6) is 0 Å². The maximum Gasteiger partial charge on any atom is 0.313 e. The van der Waals surface area contributed by atoms with Crippen molar-refractivity contribution in [3.8, 4) is 0 Å². The van der Waals surface area contributed by atoms with E-state index < -0.39 is 30.7 Å². The summed E-state index contributed by atoms with van der Waals surface area (Å²) in [6.07, 6.45) is -1.05. The van der Waals surface area contributed by atoms with E-state index in [1.807, 2.05) is 0 Å². The van der Waals surface area contributed by atoms with Crippen LogP contribution in [0.15, 0.2) is 30.3 Å². The van der Waals surface area contributed by atoms with Gasteiger partial charge in [0.1, 0.15) is 6.04 Å². The smallest absolute Gasteiger partial charge is 0.313 e. The highest BCUT2D eigenvalue weighted by Gasteiger charge is 2.21. The minimum absolute atomic E-state index is 0.112. The van der Waals surface area contributed by atoms with Crippen LogP contribution in [0.2, 0.25) is 0 Å². The highest BCUT2D eigenvalue weighted by molar-refractivity contribution is 5.87. The summed E-state index contributed by atoms with van der Waals surface area (Å²) in [4.78, 5) is 22.8. The van der Waals surface area contributed by atoms with Crippen molar-refractivity contribution >= 4 is 11.9 Å². The molecule has 1 aromatic rings. The SMILES string of the molecule is NC(=O)NC(C(=O)NCC(O)CO)c1ccccc1. The van der Waals surface area contributed by atoms with E-state index in [0.717, 1.165) is 0 Å². The zero-order valence-corrected chi connectivity index (χ0v) is 10.2. The number of rotatable bonds is 6. The molecule has 7 heteroatoms. The summed E-state index contributed by atoms with van der Waals surface area (Å²) in [5.74, 6) is -0.516. The zero-order chi connectivity index (χ0) is 14.3. The molecule has 0 aliphatic heterocycles. The van der Waals surface area contributed by atoms with Crippen molar-refractivity contribution in [3.63, 3.8) is 0 Å². The quantitative estimate of drug-likeness (QED) is 0.447. The number of nitrogens with one attached hydrogen (secondary N) is 2. The van der Waals surface area contributed by atoms with Crippen LogP contribution in [0.1, 0.15) is 11.6 Å². The lowest BCUT2D eigenvalue weighted by Crippen LogP contribution is -2.44. The van der Waals surface area contributed by atoms with Crippen LogP contribution in [0, 0.1) is 0 Å². The van der Waals surface area contributed by atoms with Crippen molar-refractivity contribution in [2.75, 3.05) is 13.2 Å². The molecule has 0 fully saturated rings. The van der Waals surface area contributed by atoms with E-state index in [1.165, 1.54) is 0 Å². The molecule has 2 atom stereocenters. The standard InChI is InChI=1S/C12H17N3O4/c13-12(19)15-10(8-4-2-1-3-5-8)11(18)14-6-9(17)7-16/h1-5,9-10,16-17H,6-7H2,(H,14,18)(H3,13,15,19). The van der Waals surface area contributed by atoms with Gasteiger partial charge in [-0.3, -0.25) is 4.79 Å². The topological polar surface area (TPSA) is 125 Å². The number of carbonyl (C=O) groups excluding carboxylic acids is 2. The van der Waals surface area contributed by atoms with E-state index in [2.05, 4.69) is 10.6 Å². The summed E-state index contributed by atoms with van der Waals surface area (Å²) in [5.41, 5.74) is 5.60. The fraction of sp³-hybridized carbons (Fsp3) is 0.333. The van der Waals surface area contributed by atoms with Crippen LogP contribution in [0.3, 0.4) is 0 Å². The van der Waals surface area contributed by atoms with Crippen LogP contribution < -0.4 is 16.4 Å². The molecule has 104 valence electrons. The molecule has 6 N–H and O–H groups in total. The van der Waals surface area contributed by atoms with E-state index in [9.17, 15) is 9.59 Å². The average molecular weight is 267 g/mol. The Bertz CT molecular complexity index is 424. The minimum Gasteiger partial charge on any atom is -0.394 e. The van der Waals surface area contributed by atoms with Crippen molar-refractivity contribution in [2.45, 2.75) is 12.1 Å². The lowest BCUT2D eigenvalue weighted by molar-refractivity contribution is -0.123. The predicted molar refractivity (Wildman–Crippen MR) is 68.0 cm³/mol. The maximum absolute atomic E-state index is 11.9. The van der Waals surface area contributed by atoms with Crippen molar-refractivity contribution < 1.29 is 19.8 Å². The molecule has 0 saturated heterocycles. The molecule has 19 heavy (non-hydrogen) atoms. The fourth-order valence-corrected chi connectivity index (χ4v) is 1.47. The highest BCUT2D eigenvalue weighted by Crippen LogP contribution is 2.12. The van der Waals surface area contributed by atoms with E-state index >= 15 is 0 Å². The van der Waals surface area contributed by atoms with Gasteiger partial charge >= 0.3 is 6.03 Å². The summed E-state index contributed by atoms with van der Waals surface area (Å²) < 4.78 is 0. The first kappa shape index (κ1) is 14.9. The number of hydrogen-bond donors (Lipinski definition) is 5. The Morgan fingerprint density at radius 1 is 1.26 bits per heavy atom. The lowest BCUT2D eigenvalue weighted by atomic mass is 10.1. The number of urea groups is 1. The average Bonchev–Trinajstić information content (AvgIpc) is 2.42. The van der Waals surface area contributed by atoms with Gasteiger partial charge in [-0.05, 0) is 5.56 Å². The molecule has 0 bridgehead atoms. The molecule has 2 unspecified atom stereocenters. The monoisotopic (exact) mass is 267 g/mol. The molecule has 0 saturated carbocycles. The number of benzene rings is 1. The summed E-state index contributed by atoms with van der Waals surface area (Å²) in [6.45, 7) is -0.571. The molecule has 0 heterocycles. The molecule has 7 nitrogen and oxygen atoms in total. The van der Waals surface area contributed by atoms with Gasteiger partial charge in [-0.2, -0.15) is 0 Å². The number of carbonyl (C=O) groups is 2. The molecule has 0 aliphatic rings. The van der Waals surface area contributed by atoms with Gasteiger partial charge < -0.3 is 26.6 Å². The predicted octanol–water partition coefficient (Wildman–Crippen LogP) is -1.13. The number of nitrogens with two attached hydrogens (primary N) is 1. The third-order valence-corrected chi connectivity index (χ3v) is 2.40. The minimum atomic E-state index is -1.05. The Balaban J connectivity index is 2.74. The second-order valence-corrected chi connectivity index (χ2v) is 3.93. The Morgan fingerprint density at radius 3 is 2.42 bits per heavy atom. The second kappa shape index (κ2) is 7.34. The molecule has 1 aromatic carbocycles. The van der Waals surface area contributed by atoms with Crippen LogP contribution in [-0.4, -0.2) is 41.4 Å². The second-order valence-electron chi connectivity index (χ2n) is 3.93. The Morgan fingerprint density at radius 2 is 1.89 bits per heavy atom. The normalized spacial score (nSPS) is 13.4. The van der Waals surface area contributed by atoms with Gasteiger partial charge in [0.25, 0.3) is 0 Å². The first-order valence-electron chi connectivity index (χ1n) is 5.72. The summed E-state index contributed by atoms with van der Waals surface area (Å²) >= 11 is 0. The van der Waals surface area contributed by atoms with Gasteiger partial charge in [0.2, 0.25) is 5.91 Å². The van der Waals surface area contributed by atoms with Crippen LogP contribution in [0.4, 0.5) is 4.79 Å². The molecule has 0 radical (unpaired) electrons. The van der Waals surface area contributed by atoms with Crippen LogP contribution in [-0.2, 0) is 4.79 Å². The number of amides is 3. The molecule has 3 amide bonds. The van der Waals surface area contributed by atoms with Gasteiger partial charge in [-0.25, -0.2) is 4.79 Å². The van der Waals surface area contributed by atoms with E-state index in [-0.39, 0.29) is 6.54 Å². The van der Waals surface area contributed by atoms with Crippen molar-refractivity contribution in [2.24, 2.45) is 5.73 Å². The Hall–Kier alpha value is -2.12. The highest BCUT2D eigenvalue weighted by atomic mass is 16.3. The van der Waals surface area contributed by atoms with Gasteiger partial charge in [0.05, 0.1) is 12.7 Å². The van der Waals surface area contributed by atoms with Crippen molar-refractivity contribution in [3.05, 3.63) is 35.9 Å². The van der Waals surface area contributed by atoms with Crippen molar-refractivity contribution in [1.82, 2.24) is 10.6 Å². The van der Waals surface area contributed by atoms with Gasteiger partial charge in [-0.1, -0.05) is 30.3 Å². The van der Waals surface area contributed by atoms with E-state index in [0.29, 0.717) is 5.56 Å². The third kappa shape index (κ3) is 4.94. The molecule has 0 spiro atoms. The van der Waals surface area contributed by atoms with Crippen LogP contribution >= 0.6 is 0 Å². The third-order valence-electron chi connectivity index (χ3n) is 2.40. The molecule has 0 aliphatic carbocycles. The molecule has 0 aromatic heterocycles. The van der Waals surface area contributed by atoms with Gasteiger partial charge in [-0.15, -0.1) is 0 Å². The number of hydrogen-bond acceptors (Lipinski definition) is 4. The fourth-order valence-electron chi connectivity index (χ4n) is 1.47. The zero-order valence-electron chi connectivity index (χ0n) is 10.2.